The van der Waals surface area contributed by atoms with Crippen LogP contribution in [0.15, 0.2) is 29.5 Å². The molecule has 1 aliphatic rings. The summed E-state index contributed by atoms with van der Waals surface area (Å²) in [5.74, 6) is -2.09. The van der Waals surface area contributed by atoms with E-state index in [-0.39, 0.29) is 25.2 Å². The van der Waals surface area contributed by atoms with Crippen molar-refractivity contribution < 1.29 is 29.4 Å². The zero-order chi connectivity index (χ0) is 25.9. The number of allylic oxidation sites excluding steroid dienone is 1. The van der Waals surface area contributed by atoms with Gasteiger partial charge < -0.3 is 25.5 Å². The van der Waals surface area contributed by atoms with Gasteiger partial charge in [-0.15, -0.1) is 0 Å². The van der Waals surface area contributed by atoms with Gasteiger partial charge >= 0.3 is 11.9 Å². The van der Waals surface area contributed by atoms with Crippen LogP contribution in [0.25, 0.3) is 6.08 Å². The molecule has 0 radical (unpaired) electrons. The minimum atomic E-state index is -0.933. The lowest BCUT2D eigenvalue weighted by Gasteiger charge is -2.07. The molecule has 0 fully saturated rings. The number of rotatable bonds is 11. The summed E-state index contributed by atoms with van der Waals surface area (Å²) < 4.78 is 0. The van der Waals surface area contributed by atoms with Crippen molar-refractivity contribution in [1.82, 2.24) is 15.3 Å². The Kier molecular flexibility index (Phi) is 7.58. The number of hydrogen-bond donors (Lipinski definition) is 5. The number of aromatic amines is 2. The summed E-state index contributed by atoms with van der Waals surface area (Å²) in [6.07, 6.45) is 4.78. The Labute approximate surface area is 202 Å². The second-order valence-electron chi connectivity index (χ2n) is 8.58. The van der Waals surface area contributed by atoms with Crippen molar-refractivity contribution in [3.8, 4) is 0 Å². The first-order chi connectivity index (χ1) is 16.6. The summed E-state index contributed by atoms with van der Waals surface area (Å²) >= 11 is 0. The minimum absolute atomic E-state index is 0.0623. The molecular formula is C26H29N3O6. The summed E-state index contributed by atoms with van der Waals surface area (Å²) in [6.45, 7) is 9.17. The van der Waals surface area contributed by atoms with E-state index in [4.69, 9.17) is 5.11 Å². The highest BCUT2D eigenvalue weighted by atomic mass is 16.4. The molecule has 3 heterocycles. The van der Waals surface area contributed by atoms with Crippen LogP contribution in [0, 0.1) is 13.8 Å². The normalized spacial score (nSPS) is 14.5. The Morgan fingerprint density at radius 3 is 1.89 bits per heavy atom. The van der Waals surface area contributed by atoms with Crippen LogP contribution in [0.2, 0.25) is 0 Å². The Hall–Kier alpha value is -4.14. The molecule has 0 bridgehead atoms. The number of aldehydes is 1. The van der Waals surface area contributed by atoms with E-state index in [0.29, 0.717) is 47.3 Å². The topological polar surface area (TPSA) is 152 Å². The summed E-state index contributed by atoms with van der Waals surface area (Å²) in [5.41, 5.74) is 7.65. The van der Waals surface area contributed by atoms with E-state index >= 15 is 0 Å². The molecule has 35 heavy (non-hydrogen) atoms. The number of aliphatic carboxylic acids is 2. The second kappa shape index (κ2) is 10.4. The van der Waals surface area contributed by atoms with Gasteiger partial charge in [0, 0.05) is 47.6 Å². The highest BCUT2D eigenvalue weighted by Gasteiger charge is 2.24. The molecule has 9 heteroatoms. The van der Waals surface area contributed by atoms with Gasteiger partial charge in [0.2, 0.25) is 0 Å². The fraction of sp³-hybridized carbons (Fsp3) is 0.308. The molecule has 184 valence electrons. The fourth-order valence-corrected chi connectivity index (χ4v) is 4.46. The van der Waals surface area contributed by atoms with Crippen molar-refractivity contribution in [1.29, 1.82) is 0 Å². The number of carbonyl (C=O) groups is 4. The summed E-state index contributed by atoms with van der Waals surface area (Å²) in [4.78, 5) is 52.6. The number of amides is 1. The van der Waals surface area contributed by atoms with E-state index in [2.05, 4.69) is 21.9 Å². The number of nitrogens with one attached hydrogen (secondary N) is 3. The molecule has 1 aliphatic heterocycles. The second-order valence-corrected chi connectivity index (χ2v) is 8.58. The van der Waals surface area contributed by atoms with Crippen molar-refractivity contribution in [3.63, 3.8) is 0 Å². The fourth-order valence-electron chi connectivity index (χ4n) is 4.46. The molecule has 3 rings (SSSR count). The Bertz CT molecular complexity index is 1290. The van der Waals surface area contributed by atoms with Crippen LogP contribution in [-0.2, 0) is 33.6 Å². The lowest BCUT2D eigenvalue weighted by Crippen LogP contribution is -2.15. The lowest BCUT2D eigenvalue weighted by atomic mass is 9.98. The molecular weight excluding hydrogens is 450 g/mol. The van der Waals surface area contributed by atoms with Gasteiger partial charge in [0.05, 0.1) is 5.69 Å². The van der Waals surface area contributed by atoms with Crippen molar-refractivity contribution >= 4 is 30.2 Å². The molecule has 1 amide bonds. The first-order valence-corrected chi connectivity index (χ1v) is 11.2. The molecule has 2 aromatic rings. The van der Waals surface area contributed by atoms with Gasteiger partial charge in [0.1, 0.15) is 0 Å². The van der Waals surface area contributed by atoms with Gasteiger partial charge in [-0.25, -0.2) is 0 Å². The maximum absolute atomic E-state index is 12.2. The molecule has 0 aliphatic carbocycles. The van der Waals surface area contributed by atoms with E-state index < -0.39 is 11.9 Å². The number of H-pyrrole nitrogens is 2. The van der Waals surface area contributed by atoms with Crippen LogP contribution < -0.4 is 5.32 Å². The number of carboxylic acids is 2. The van der Waals surface area contributed by atoms with Crippen LogP contribution in [0.1, 0.15) is 69.6 Å². The van der Waals surface area contributed by atoms with Gasteiger partial charge in [-0.3, -0.25) is 19.2 Å². The third kappa shape index (κ3) is 5.34. The third-order valence-corrected chi connectivity index (χ3v) is 6.46. The number of hydrogen-bond acceptors (Lipinski definition) is 4. The molecule has 0 aromatic carbocycles. The average Bonchev–Trinajstić information content (AvgIpc) is 3.36. The zero-order valence-corrected chi connectivity index (χ0v) is 20.0. The van der Waals surface area contributed by atoms with E-state index in [1.165, 1.54) is 6.08 Å². The van der Waals surface area contributed by atoms with E-state index in [0.717, 1.165) is 33.7 Å². The van der Waals surface area contributed by atoms with Crippen LogP contribution in [0.5, 0.6) is 0 Å². The molecule has 0 saturated heterocycles. The van der Waals surface area contributed by atoms with Crippen LogP contribution in [-0.4, -0.2) is 44.3 Å². The number of aromatic nitrogens is 2. The molecule has 0 saturated carbocycles. The minimum Gasteiger partial charge on any atom is -0.481 e. The van der Waals surface area contributed by atoms with Crippen molar-refractivity contribution in [2.24, 2.45) is 0 Å². The van der Waals surface area contributed by atoms with Gasteiger partial charge in [0.25, 0.3) is 5.91 Å². The van der Waals surface area contributed by atoms with E-state index in [1.54, 1.807) is 6.92 Å². The standard InChI is InChI=1S/C26H29N3O6/c1-5-16-13(2)20(29-26(16)35)10-19-14(3)17(6-8-24(31)32)21(27-19)11-22-18(7-9-25(33)34)15(4)23(12-30)28-22/h5,10,12,27-28H,1,6-9,11H2,2-4H3,(H,29,35)(H,31,32)(H,33,34)/b20-10-. The smallest absolute Gasteiger partial charge is 0.303 e. The Morgan fingerprint density at radius 2 is 1.43 bits per heavy atom. The molecule has 0 spiro atoms. The maximum Gasteiger partial charge on any atom is 0.303 e. The SMILES string of the molecule is C=CC1=C(C)/C(=C/c2[nH]c(Cc3[nH]c(C=O)c(C)c3CCC(=O)O)c(CCC(=O)O)c2C)NC1=O. The van der Waals surface area contributed by atoms with Gasteiger partial charge in [-0.05, 0) is 67.5 Å². The summed E-state index contributed by atoms with van der Waals surface area (Å²) in [7, 11) is 0. The number of carboxylic acid groups (broad SMARTS) is 2. The molecule has 0 atom stereocenters. The van der Waals surface area contributed by atoms with Crippen LogP contribution >= 0.6 is 0 Å². The van der Waals surface area contributed by atoms with E-state index in [9.17, 15) is 24.3 Å². The Balaban J connectivity index is 2.06. The molecule has 5 N–H and O–H groups in total. The molecule has 9 nitrogen and oxygen atoms in total. The molecule has 2 aromatic heterocycles. The largest absolute Gasteiger partial charge is 0.481 e. The predicted molar refractivity (Wildman–Crippen MR) is 130 cm³/mol. The maximum atomic E-state index is 12.2. The van der Waals surface area contributed by atoms with Crippen LogP contribution in [0.4, 0.5) is 0 Å². The van der Waals surface area contributed by atoms with Crippen LogP contribution in [0.3, 0.4) is 0 Å². The van der Waals surface area contributed by atoms with Crippen molar-refractivity contribution in [2.75, 3.05) is 0 Å². The van der Waals surface area contributed by atoms with Crippen molar-refractivity contribution in [2.45, 2.75) is 52.9 Å². The third-order valence-electron chi connectivity index (χ3n) is 6.46. The zero-order valence-electron chi connectivity index (χ0n) is 20.0. The van der Waals surface area contributed by atoms with Gasteiger partial charge in [0.15, 0.2) is 6.29 Å². The van der Waals surface area contributed by atoms with Crippen molar-refractivity contribution in [3.05, 3.63) is 74.5 Å². The number of carbonyl (C=O) groups excluding carboxylic acids is 2. The van der Waals surface area contributed by atoms with Gasteiger partial charge in [-0.2, -0.15) is 0 Å². The molecule has 0 unspecified atom stereocenters. The quantitative estimate of drug-likeness (QED) is 0.312. The first kappa shape index (κ1) is 25.5. The van der Waals surface area contributed by atoms with Gasteiger partial charge in [-0.1, -0.05) is 12.7 Å². The first-order valence-electron chi connectivity index (χ1n) is 11.2. The highest BCUT2D eigenvalue weighted by Crippen LogP contribution is 2.29. The summed E-state index contributed by atoms with van der Waals surface area (Å²) in [6, 6.07) is 0. The lowest BCUT2D eigenvalue weighted by molar-refractivity contribution is -0.138. The Morgan fingerprint density at radius 1 is 0.914 bits per heavy atom. The van der Waals surface area contributed by atoms with E-state index in [1.807, 2.05) is 19.9 Å². The monoisotopic (exact) mass is 479 g/mol. The predicted octanol–water partition coefficient (Wildman–Crippen LogP) is 3.37. The highest BCUT2D eigenvalue weighted by molar-refractivity contribution is 6.03. The summed E-state index contributed by atoms with van der Waals surface area (Å²) in [5, 5.41) is 21.2. The average molecular weight is 480 g/mol.